The quantitative estimate of drug-likeness (QED) is 0.818. The largest absolute Gasteiger partial charge is 0.377 e. The maximum atomic E-state index is 11.4. The molecule has 0 aliphatic carbocycles. The number of nitrogens with zero attached hydrogens (tertiary/aromatic N) is 2. The molecule has 2 fully saturated rings. The molecular weight excluding hydrogens is 264 g/mol. The van der Waals surface area contributed by atoms with Crippen molar-refractivity contribution in [3.63, 3.8) is 0 Å². The van der Waals surface area contributed by atoms with Crippen LogP contribution >= 0.6 is 0 Å². The first kappa shape index (κ1) is 13.0. The number of hydrogen-bond donors (Lipinski definition) is 0. The Bertz CT molecular complexity index is 553. The Balaban J connectivity index is 1.57. The van der Waals surface area contributed by atoms with Gasteiger partial charge in [-0.3, -0.25) is 4.98 Å². The molecule has 0 saturated carbocycles. The number of hydrogen-bond acceptors (Lipinski definition) is 4. The van der Waals surface area contributed by atoms with Crippen LogP contribution in [0.15, 0.2) is 24.5 Å². The summed E-state index contributed by atoms with van der Waals surface area (Å²) in [6.45, 7) is 1.88. The second-order valence-electron chi connectivity index (χ2n) is 5.73. The van der Waals surface area contributed by atoms with Gasteiger partial charge in [0.15, 0.2) is 0 Å². The number of aromatic nitrogens is 1. The Kier molecular flexibility index (Phi) is 3.11. The maximum absolute atomic E-state index is 11.4. The van der Waals surface area contributed by atoms with E-state index in [4.69, 9.17) is 4.74 Å². The molecule has 2 saturated heterocycles. The lowest BCUT2D eigenvalue weighted by atomic mass is 9.79. The SMILES string of the molecule is CS(=O)(=O)N1CC2(COC(Cc3cccnc3)C2)C1. The molecule has 1 atom stereocenters. The summed E-state index contributed by atoms with van der Waals surface area (Å²) in [7, 11) is -3.04. The monoisotopic (exact) mass is 282 g/mol. The first-order valence-electron chi connectivity index (χ1n) is 6.43. The Hall–Kier alpha value is -0.980. The fourth-order valence-electron chi connectivity index (χ4n) is 2.97. The molecule has 6 heteroatoms. The molecule has 0 N–H and O–H groups in total. The highest BCUT2D eigenvalue weighted by atomic mass is 32.2. The van der Waals surface area contributed by atoms with Gasteiger partial charge in [-0.05, 0) is 18.1 Å². The molecule has 19 heavy (non-hydrogen) atoms. The second kappa shape index (κ2) is 4.54. The first-order valence-corrected chi connectivity index (χ1v) is 8.27. The molecule has 3 heterocycles. The third-order valence-electron chi connectivity index (χ3n) is 3.96. The summed E-state index contributed by atoms with van der Waals surface area (Å²) in [6, 6.07) is 3.97. The second-order valence-corrected chi connectivity index (χ2v) is 7.72. The number of pyridine rings is 1. The molecule has 0 bridgehead atoms. The minimum absolute atomic E-state index is 0.0515. The molecule has 2 aliphatic heterocycles. The third kappa shape index (κ3) is 2.66. The molecule has 1 spiro atoms. The normalized spacial score (nSPS) is 26.5. The average molecular weight is 282 g/mol. The fourth-order valence-corrected chi connectivity index (χ4v) is 3.98. The highest BCUT2D eigenvalue weighted by Gasteiger charge is 2.51. The summed E-state index contributed by atoms with van der Waals surface area (Å²) in [4.78, 5) is 4.10. The van der Waals surface area contributed by atoms with E-state index in [1.165, 1.54) is 16.1 Å². The zero-order valence-corrected chi connectivity index (χ0v) is 11.8. The van der Waals surface area contributed by atoms with Crippen molar-refractivity contribution in [2.24, 2.45) is 5.41 Å². The Morgan fingerprint density at radius 1 is 1.53 bits per heavy atom. The molecule has 2 aliphatic rings. The summed E-state index contributed by atoms with van der Waals surface area (Å²) in [6.07, 6.45) is 6.87. The van der Waals surface area contributed by atoms with Crippen molar-refractivity contribution in [2.75, 3.05) is 26.0 Å². The van der Waals surface area contributed by atoms with E-state index in [-0.39, 0.29) is 11.5 Å². The van der Waals surface area contributed by atoms with Crippen molar-refractivity contribution in [3.8, 4) is 0 Å². The molecular formula is C13H18N2O3S. The van der Waals surface area contributed by atoms with Gasteiger partial charge >= 0.3 is 0 Å². The Morgan fingerprint density at radius 2 is 2.32 bits per heavy atom. The maximum Gasteiger partial charge on any atom is 0.211 e. The van der Waals surface area contributed by atoms with Gasteiger partial charge in [-0.15, -0.1) is 0 Å². The smallest absolute Gasteiger partial charge is 0.211 e. The van der Waals surface area contributed by atoms with Crippen molar-refractivity contribution in [3.05, 3.63) is 30.1 Å². The van der Waals surface area contributed by atoms with E-state index in [0.717, 1.165) is 12.8 Å². The van der Waals surface area contributed by atoms with Crippen LogP contribution in [0.1, 0.15) is 12.0 Å². The van der Waals surface area contributed by atoms with E-state index in [1.54, 1.807) is 6.20 Å². The molecule has 0 aromatic carbocycles. The van der Waals surface area contributed by atoms with Crippen LogP contribution in [0.25, 0.3) is 0 Å². The molecule has 1 aromatic heterocycles. The molecule has 0 radical (unpaired) electrons. The minimum atomic E-state index is -3.04. The van der Waals surface area contributed by atoms with Gasteiger partial charge in [0.1, 0.15) is 0 Å². The van der Waals surface area contributed by atoms with Crippen molar-refractivity contribution in [2.45, 2.75) is 18.9 Å². The van der Waals surface area contributed by atoms with Gasteiger partial charge in [-0.2, -0.15) is 0 Å². The summed E-state index contributed by atoms with van der Waals surface area (Å²) in [5, 5.41) is 0. The van der Waals surface area contributed by atoms with Gasteiger partial charge in [-0.25, -0.2) is 12.7 Å². The van der Waals surface area contributed by atoms with Crippen LogP contribution in [0, 0.1) is 5.41 Å². The molecule has 1 aromatic rings. The van der Waals surface area contributed by atoms with E-state index >= 15 is 0 Å². The lowest BCUT2D eigenvalue weighted by molar-refractivity contribution is 0.0426. The van der Waals surface area contributed by atoms with Crippen molar-refractivity contribution in [1.82, 2.24) is 9.29 Å². The van der Waals surface area contributed by atoms with Crippen LogP contribution in [0.4, 0.5) is 0 Å². The Labute approximate surface area is 113 Å². The van der Waals surface area contributed by atoms with Crippen molar-refractivity contribution in [1.29, 1.82) is 0 Å². The van der Waals surface area contributed by atoms with Gasteiger partial charge < -0.3 is 4.74 Å². The van der Waals surface area contributed by atoms with Crippen LogP contribution in [0.2, 0.25) is 0 Å². The summed E-state index contributed by atoms with van der Waals surface area (Å²) >= 11 is 0. The topological polar surface area (TPSA) is 59.5 Å². The number of ether oxygens (including phenoxy) is 1. The van der Waals surface area contributed by atoms with Crippen molar-refractivity contribution >= 4 is 10.0 Å². The van der Waals surface area contributed by atoms with E-state index in [0.29, 0.717) is 19.7 Å². The number of rotatable bonds is 3. The molecule has 0 amide bonds. The van der Waals surface area contributed by atoms with E-state index in [1.807, 2.05) is 18.3 Å². The molecule has 3 rings (SSSR count). The third-order valence-corrected chi connectivity index (χ3v) is 5.16. The van der Waals surface area contributed by atoms with E-state index in [9.17, 15) is 8.42 Å². The molecule has 5 nitrogen and oxygen atoms in total. The number of sulfonamides is 1. The van der Waals surface area contributed by atoms with Gasteiger partial charge in [0.2, 0.25) is 10.0 Å². The predicted octanol–water partition coefficient (Wildman–Crippen LogP) is 0.675. The molecule has 104 valence electrons. The summed E-state index contributed by atoms with van der Waals surface area (Å²) < 4.78 is 30.2. The zero-order chi connectivity index (χ0) is 13.5. The first-order chi connectivity index (χ1) is 8.97. The van der Waals surface area contributed by atoms with Gasteiger partial charge in [0.05, 0.1) is 19.0 Å². The summed E-state index contributed by atoms with van der Waals surface area (Å²) in [5.41, 5.74) is 1.22. The van der Waals surface area contributed by atoms with Crippen LogP contribution in [0.5, 0.6) is 0 Å². The standard InChI is InChI=1S/C13H18N2O3S/c1-19(16,17)15-8-13(9-15)6-12(18-10-13)5-11-3-2-4-14-7-11/h2-4,7,12H,5-6,8-10H2,1H3. The predicted molar refractivity (Wildman–Crippen MR) is 71.1 cm³/mol. The highest BCUT2D eigenvalue weighted by molar-refractivity contribution is 7.88. The van der Waals surface area contributed by atoms with Crippen LogP contribution in [-0.2, 0) is 21.2 Å². The van der Waals surface area contributed by atoms with E-state index < -0.39 is 10.0 Å². The van der Waals surface area contributed by atoms with Gasteiger partial charge in [-0.1, -0.05) is 6.07 Å². The van der Waals surface area contributed by atoms with Crippen LogP contribution < -0.4 is 0 Å². The fraction of sp³-hybridized carbons (Fsp3) is 0.615. The minimum Gasteiger partial charge on any atom is -0.377 e. The van der Waals surface area contributed by atoms with E-state index in [2.05, 4.69) is 4.98 Å². The zero-order valence-electron chi connectivity index (χ0n) is 10.9. The van der Waals surface area contributed by atoms with Gasteiger partial charge in [0.25, 0.3) is 0 Å². The Morgan fingerprint density at radius 3 is 2.95 bits per heavy atom. The molecule has 1 unspecified atom stereocenters. The lowest BCUT2D eigenvalue weighted by Crippen LogP contribution is -2.58. The van der Waals surface area contributed by atoms with Crippen LogP contribution in [0.3, 0.4) is 0 Å². The lowest BCUT2D eigenvalue weighted by Gasteiger charge is -2.45. The van der Waals surface area contributed by atoms with Gasteiger partial charge in [0, 0.05) is 37.3 Å². The average Bonchev–Trinajstić information content (AvgIpc) is 2.71. The highest BCUT2D eigenvalue weighted by Crippen LogP contribution is 2.42. The van der Waals surface area contributed by atoms with Crippen molar-refractivity contribution < 1.29 is 13.2 Å². The summed E-state index contributed by atoms with van der Waals surface area (Å²) in [5.74, 6) is 0. The van der Waals surface area contributed by atoms with Crippen LogP contribution in [-0.4, -0.2) is 49.8 Å².